The van der Waals surface area contributed by atoms with Gasteiger partial charge in [-0.3, -0.25) is 4.79 Å². The largest absolute Gasteiger partial charge is 0.381 e. The van der Waals surface area contributed by atoms with Crippen molar-refractivity contribution in [2.24, 2.45) is 11.1 Å². The van der Waals surface area contributed by atoms with Crippen molar-refractivity contribution >= 4 is 5.91 Å². The number of nitrogens with two attached hydrogens (primary N) is 1. The van der Waals surface area contributed by atoms with E-state index >= 15 is 0 Å². The zero-order chi connectivity index (χ0) is 15.1. The van der Waals surface area contributed by atoms with Crippen LogP contribution in [0.4, 0.5) is 0 Å². The highest BCUT2D eigenvalue weighted by molar-refractivity contribution is 5.83. The SMILES string of the molecule is CCN(CCc1ccccc1)C(=O)C1(CN)CCOCC1. The topological polar surface area (TPSA) is 55.6 Å². The highest BCUT2D eigenvalue weighted by Crippen LogP contribution is 2.31. The van der Waals surface area contributed by atoms with Crippen molar-refractivity contribution in [2.45, 2.75) is 26.2 Å². The summed E-state index contributed by atoms with van der Waals surface area (Å²) in [5, 5.41) is 0. The van der Waals surface area contributed by atoms with E-state index in [1.54, 1.807) is 0 Å². The van der Waals surface area contributed by atoms with Crippen LogP contribution < -0.4 is 5.73 Å². The van der Waals surface area contributed by atoms with Crippen molar-refractivity contribution in [1.29, 1.82) is 0 Å². The molecule has 1 amide bonds. The second-order valence-corrected chi connectivity index (χ2v) is 5.72. The summed E-state index contributed by atoms with van der Waals surface area (Å²) in [5.74, 6) is 0.201. The summed E-state index contributed by atoms with van der Waals surface area (Å²) in [4.78, 5) is 14.8. The molecule has 0 bridgehead atoms. The minimum absolute atomic E-state index is 0.201. The van der Waals surface area contributed by atoms with Gasteiger partial charge in [0.05, 0.1) is 5.41 Å². The fourth-order valence-electron chi connectivity index (χ4n) is 2.91. The molecule has 1 aromatic carbocycles. The number of nitrogens with zero attached hydrogens (tertiary/aromatic N) is 1. The second kappa shape index (κ2) is 7.57. The summed E-state index contributed by atoms with van der Waals surface area (Å²) in [6.07, 6.45) is 2.37. The number of likely N-dealkylation sites (N-methyl/N-ethyl adjacent to an activating group) is 1. The Morgan fingerprint density at radius 1 is 1.29 bits per heavy atom. The summed E-state index contributed by atoms with van der Waals surface area (Å²) in [6.45, 7) is 5.21. The first-order valence-electron chi connectivity index (χ1n) is 7.83. The molecule has 0 aromatic heterocycles. The van der Waals surface area contributed by atoms with Gasteiger partial charge >= 0.3 is 0 Å². The summed E-state index contributed by atoms with van der Waals surface area (Å²) >= 11 is 0. The second-order valence-electron chi connectivity index (χ2n) is 5.72. The van der Waals surface area contributed by atoms with Gasteiger partial charge in [0.15, 0.2) is 0 Å². The van der Waals surface area contributed by atoms with Crippen molar-refractivity contribution in [1.82, 2.24) is 4.90 Å². The third kappa shape index (κ3) is 3.83. The van der Waals surface area contributed by atoms with Gasteiger partial charge in [-0.05, 0) is 31.7 Å². The van der Waals surface area contributed by atoms with Crippen LogP contribution in [0.25, 0.3) is 0 Å². The number of amides is 1. The monoisotopic (exact) mass is 290 g/mol. The minimum Gasteiger partial charge on any atom is -0.381 e. The smallest absolute Gasteiger partial charge is 0.230 e. The number of carbonyl (C=O) groups excluding carboxylic acids is 1. The van der Waals surface area contributed by atoms with Crippen molar-refractivity contribution in [3.8, 4) is 0 Å². The van der Waals surface area contributed by atoms with Crippen LogP contribution in [0.1, 0.15) is 25.3 Å². The summed E-state index contributed by atoms with van der Waals surface area (Å²) in [7, 11) is 0. The molecule has 0 spiro atoms. The minimum atomic E-state index is -0.412. The zero-order valence-corrected chi connectivity index (χ0v) is 12.9. The highest BCUT2D eigenvalue weighted by atomic mass is 16.5. The van der Waals surface area contributed by atoms with Gasteiger partial charge in [0.2, 0.25) is 5.91 Å². The summed E-state index contributed by atoms with van der Waals surface area (Å²) in [5.41, 5.74) is 6.79. The van der Waals surface area contributed by atoms with Crippen molar-refractivity contribution in [3.05, 3.63) is 35.9 Å². The maximum atomic E-state index is 12.9. The van der Waals surface area contributed by atoms with Gasteiger partial charge in [-0.15, -0.1) is 0 Å². The predicted molar refractivity (Wildman–Crippen MR) is 83.9 cm³/mol. The molecular weight excluding hydrogens is 264 g/mol. The average Bonchev–Trinajstić information content (AvgIpc) is 2.56. The van der Waals surface area contributed by atoms with Crippen LogP contribution in [-0.4, -0.2) is 43.7 Å². The van der Waals surface area contributed by atoms with Crippen molar-refractivity contribution < 1.29 is 9.53 Å². The molecule has 1 aliphatic rings. The Morgan fingerprint density at radius 2 is 1.95 bits per heavy atom. The lowest BCUT2D eigenvalue weighted by Crippen LogP contribution is -2.51. The van der Waals surface area contributed by atoms with Crippen LogP contribution in [0.15, 0.2) is 30.3 Å². The number of carbonyl (C=O) groups is 1. The van der Waals surface area contributed by atoms with E-state index in [1.165, 1.54) is 5.56 Å². The number of ether oxygens (including phenoxy) is 1. The molecule has 21 heavy (non-hydrogen) atoms. The first-order valence-corrected chi connectivity index (χ1v) is 7.83. The molecule has 2 N–H and O–H groups in total. The molecule has 1 fully saturated rings. The lowest BCUT2D eigenvalue weighted by atomic mass is 9.78. The van der Waals surface area contributed by atoms with Gasteiger partial charge < -0.3 is 15.4 Å². The highest BCUT2D eigenvalue weighted by Gasteiger charge is 2.40. The molecule has 1 saturated heterocycles. The lowest BCUT2D eigenvalue weighted by molar-refractivity contribution is -0.147. The Hall–Kier alpha value is -1.39. The molecule has 0 unspecified atom stereocenters. The molecule has 1 aliphatic heterocycles. The first kappa shape index (κ1) is 16.0. The average molecular weight is 290 g/mol. The Balaban J connectivity index is 2.00. The Labute approximate surface area is 127 Å². The molecule has 1 aromatic rings. The quantitative estimate of drug-likeness (QED) is 0.869. The molecule has 4 heteroatoms. The number of hydrogen-bond acceptors (Lipinski definition) is 3. The predicted octanol–water partition coefficient (Wildman–Crippen LogP) is 1.83. The van der Waals surface area contributed by atoms with E-state index in [9.17, 15) is 4.79 Å². The maximum Gasteiger partial charge on any atom is 0.230 e. The van der Waals surface area contributed by atoms with Gasteiger partial charge in [-0.2, -0.15) is 0 Å². The van der Waals surface area contributed by atoms with Crippen LogP contribution >= 0.6 is 0 Å². The molecule has 0 radical (unpaired) electrons. The van der Waals surface area contributed by atoms with E-state index in [4.69, 9.17) is 10.5 Å². The molecule has 2 rings (SSSR count). The van der Waals surface area contributed by atoms with Gasteiger partial charge in [-0.25, -0.2) is 0 Å². The van der Waals surface area contributed by atoms with Crippen LogP contribution in [0.2, 0.25) is 0 Å². The fourth-order valence-corrected chi connectivity index (χ4v) is 2.91. The van der Waals surface area contributed by atoms with Crippen LogP contribution in [0, 0.1) is 5.41 Å². The lowest BCUT2D eigenvalue weighted by Gasteiger charge is -2.38. The Bertz CT molecular complexity index is 441. The maximum absolute atomic E-state index is 12.9. The van der Waals surface area contributed by atoms with Crippen LogP contribution in [0.5, 0.6) is 0 Å². The summed E-state index contributed by atoms with van der Waals surface area (Å²) < 4.78 is 5.39. The summed E-state index contributed by atoms with van der Waals surface area (Å²) in [6, 6.07) is 10.3. The van der Waals surface area contributed by atoms with Crippen molar-refractivity contribution in [3.63, 3.8) is 0 Å². The first-order chi connectivity index (χ1) is 10.2. The van der Waals surface area contributed by atoms with Crippen molar-refractivity contribution in [2.75, 3.05) is 32.8 Å². The van der Waals surface area contributed by atoms with E-state index < -0.39 is 5.41 Å². The van der Waals surface area contributed by atoms with E-state index in [-0.39, 0.29) is 5.91 Å². The molecule has 1 heterocycles. The molecule has 0 atom stereocenters. The van der Waals surface area contributed by atoms with E-state index in [0.717, 1.165) is 32.4 Å². The number of benzene rings is 1. The van der Waals surface area contributed by atoms with Gasteiger partial charge in [-0.1, -0.05) is 30.3 Å². The normalized spacial score (nSPS) is 17.4. The fraction of sp³-hybridized carbons (Fsp3) is 0.588. The Morgan fingerprint density at radius 3 is 2.52 bits per heavy atom. The Kier molecular flexibility index (Phi) is 5.76. The molecule has 4 nitrogen and oxygen atoms in total. The standard InChI is InChI=1S/C17H26N2O2/c1-2-19(11-8-15-6-4-3-5-7-15)16(20)17(14-18)9-12-21-13-10-17/h3-7H,2,8-14,18H2,1H3. The number of hydrogen-bond donors (Lipinski definition) is 1. The molecular formula is C17H26N2O2. The van der Waals surface area contributed by atoms with E-state index in [0.29, 0.717) is 19.8 Å². The van der Waals surface area contributed by atoms with Crippen LogP contribution in [0.3, 0.4) is 0 Å². The third-order valence-electron chi connectivity index (χ3n) is 4.48. The van der Waals surface area contributed by atoms with E-state index in [2.05, 4.69) is 12.1 Å². The van der Waals surface area contributed by atoms with Crippen LogP contribution in [-0.2, 0) is 16.0 Å². The molecule has 116 valence electrons. The van der Waals surface area contributed by atoms with Gasteiger partial charge in [0.25, 0.3) is 0 Å². The number of rotatable bonds is 6. The molecule has 0 aliphatic carbocycles. The zero-order valence-electron chi connectivity index (χ0n) is 12.9. The third-order valence-corrected chi connectivity index (χ3v) is 4.48. The van der Waals surface area contributed by atoms with E-state index in [1.807, 2.05) is 30.0 Å². The molecule has 0 saturated carbocycles. The van der Waals surface area contributed by atoms with Gasteiger partial charge in [0, 0.05) is 32.8 Å². The van der Waals surface area contributed by atoms with Gasteiger partial charge in [0.1, 0.15) is 0 Å².